The van der Waals surface area contributed by atoms with Gasteiger partial charge in [0.15, 0.2) is 0 Å². The lowest BCUT2D eigenvalue weighted by atomic mass is 9.44. The highest BCUT2D eigenvalue weighted by Crippen LogP contribution is 2.67. The van der Waals surface area contributed by atoms with Crippen molar-refractivity contribution in [1.82, 2.24) is 0 Å². The van der Waals surface area contributed by atoms with Crippen LogP contribution in [0.5, 0.6) is 0 Å². The molecule has 0 saturated heterocycles. The van der Waals surface area contributed by atoms with Gasteiger partial charge in [-0.1, -0.05) is 18.6 Å². The van der Waals surface area contributed by atoms with Gasteiger partial charge in [-0.3, -0.25) is 0 Å². The van der Waals surface area contributed by atoms with E-state index < -0.39 is 17.1 Å². The number of allylic oxidation sites excluding steroid dienone is 2. The van der Waals surface area contributed by atoms with Crippen LogP contribution in [0, 0.1) is 22.7 Å². The molecule has 3 fully saturated rings. The summed E-state index contributed by atoms with van der Waals surface area (Å²) >= 11 is 0. The fourth-order valence-electron chi connectivity index (χ4n) is 7.59. The highest BCUT2D eigenvalue weighted by Gasteiger charge is 2.65. The van der Waals surface area contributed by atoms with Crippen molar-refractivity contribution in [1.29, 1.82) is 0 Å². The lowest BCUT2D eigenvalue weighted by Gasteiger charge is -2.61. The van der Waals surface area contributed by atoms with Gasteiger partial charge in [0.25, 0.3) is 0 Å². The first-order chi connectivity index (χ1) is 13.8. The molecule has 5 heteroatoms. The minimum absolute atomic E-state index is 0.00516. The number of fused-ring (bicyclic) bond motifs is 5. The van der Waals surface area contributed by atoms with E-state index in [9.17, 15) is 19.8 Å². The third-order valence-corrected chi connectivity index (χ3v) is 9.06. The zero-order valence-electron chi connectivity index (χ0n) is 17.0. The van der Waals surface area contributed by atoms with Gasteiger partial charge < -0.3 is 19.4 Å². The molecular weight excluding hydrogens is 368 g/mol. The van der Waals surface area contributed by atoms with Gasteiger partial charge in [-0.2, -0.15) is 0 Å². The molecule has 29 heavy (non-hydrogen) atoms. The van der Waals surface area contributed by atoms with Crippen LogP contribution < -0.4 is 5.63 Å². The van der Waals surface area contributed by atoms with Crippen molar-refractivity contribution in [3.63, 3.8) is 0 Å². The van der Waals surface area contributed by atoms with E-state index in [1.807, 2.05) is 6.07 Å². The molecule has 2 N–H and O–H groups in total. The largest absolute Gasteiger partial charge is 0.431 e. The summed E-state index contributed by atoms with van der Waals surface area (Å²) in [5.41, 5.74) is 0.342. The van der Waals surface area contributed by atoms with Crippen molar-refractivity contribution in [3.05, 3.63) is 46.0 Å². The van der Waals surface area contributed by atoms with E-state index >= 15 is 0 Å². The van der Waals surface area contributed by atoms with Crippen LogP contribution in [0.25, 0.3) is 0 Å². The maximum Gasteiger partial charge on any atom is 0.335 e. The molecular formula is C24H30O5. The summed E-state index contributed by atoms with van der Waals surface area (Å²) in [6, 6.07) is 3.39. The third-order valence-electron chi connectivity index (χ3n) is 9.06. The molecule has 0 spiro atoms. The van der Waals surface area contributed by atoms with Crippen molar-refractivity contribution >= 4 is 6.29 Å². The average molecular weight is 398 g/mol. The average Bonchev–Trinajstić information content (AvgIpc) is 3.05. The van der Waals surface area contributed by atoms with Gasteiger partial charge in [0, 0.05) is 12.5 Å². The molecule has 0 aliphatic heterocycles. The lowest BCUT2D eigenvalue weighted by Crippen LogP contribution is -2.64. The van der Waals surface area contributed by atoms with Gasteiger partial charge >= 0.3 is 5.63 Å². The van der Waals surface area contributed by atoms with Crippen molar-refractivity contribution in [3.8, 4) is 0 Å². The SMILES string of the molecule is C[C@]12CC[C@H]3[C@H](CC[C@@]4(O)C[C@H](O)CC[C@]34C=O)C1=CC[C@H]2c1ccc(=O)oc1. The Hall–Kier alpha value is -1.72. The summed E-state index contributed by atoms with van der Waals surface area (Å²) < 4.78 is 5.15. The normalized spacial score (nSPS) is 46.2. The summed E-state index contributed by atoms with van der Waals surface area (Å²) in [7, 11) is 0. The van der Waals surface area contributed by atoms with Crippen LogP contribution in [0.2, 0.25) is 0 Å². The molecule has 0 aromatic carbocycles. The first-order valence-electron chi connectivity index (χ1n) is 11.0. The minimum atomic E-state index is -1.08. The molecule has 3 saturated carbocycles. The maximum atomic E-state index is 12.5. The van der Waals surface area contributed by atoms with E-state index in [-0.39, 0.29) is 22.9 Å². The van der Waals surface area contributed by atoms with Gasteiger partial charge in [-0.25, -0.2) is 4.79 Å². The first kappa shape index (κ1) is 19.3. The van der Waals surface area contributed by atoms with Gasteiger partial charge in [-0.15, -0.1) is 0 Å². The summed E-state index contributed by atoms with van der Waals surface area (Å²) in [5, 5.41) is 21.6. The topological polar surface area (TPSA) is 87.7 Å². The summed E-state index contributed by atoms with van der Waals surface area (Å²) in [6.07, 6.45) is 10.2. The number of rotatable bonds is 2. The molecule has 7 atom stereocenters. The van der Waals surface area contributed by atoms with Gasteiger partial charge in [0.1, 0.15) is 6.29 Å². The maximum absolute atomic E-state index is 12.5. The molecule has 5 rings (SSSR count). The van der Waals surface area contributed by atoms with Gasteiger partial charge in [0.2, 0.25) is 0 Å². The third kappa shape index (κ3) is 2.53. The lowest BCUT2D eigenvalue weighted by molar-refractivity contribution is -0.200. The zero-order valence-corrected chi connectivity index (χ0v) is 17.0. The highest BCUT2D eigenvalue weighted by molar-refractivity contribution is 5.64. The van der Waals surface area contributed by atoms with Gasteiger partial charge in [-0.05, 0) is 79.7 Å². The van der Waals surface area contributed by atoms with E-state index in [1.54, 1.807) is 6.26 Å². The van der Waals surface area contributed by atoms with Crippen molar-refractivity contribution in [2.24, 2.45) is 22.7 Å². The Morgan fingerprint density at radius 2 is 2.00 bits per heavy atom. The molecule has 1 aromatic rings. The monoisotopic (exact) mass is 398 g/mol. The van der Waals surface area contributed by atoms with Crippen molar-refractivity contribution < 1.29 is 19.4 Å². The quantitative estimate of drug-likeness (QED) is 0.589. The summed E-state index contributed by atoms with van der Waals surface area (Å²) in [6.45, 7) is 2.32. The smallest absolute Gasteiger partial charge is 0.335 e. The van der Waals surface area contributed by atoms with Crippen LogP contribution in [0.1, 0.15) is 69.8 Å². The number of carbonyl (C=O) groups excluding carboxylic acids is 1. The summed E-state index contributed by atoms with van der Waals surface area (Å²) in [4.78, 5) is 23.9. The predicted octanol–water partition coefficient (Wildman–Crippen LogP) is 3.34. The van der Waals surface area contributed by atoms with Gasteiger partial charge in [0.05, 0.1) is 23.4 Å². The molecule has 4 aliphatic carbocycles. The Bertz CT molecular complexity index is 898. The van der Waals surface area contributed by atoms with Crippen molar-refractivity contribution in [2.75, 3.05) is 0 Å². The molecule has 0 amide bonds. The Kier molecular flexibility index (Phi) is 4.24. The molecule has 0 bridgehead atoms. The van der Waals surface area contributed by atoms with E-state index in [0.717, 1.165) is 37.5 Å². The zero-order chi connectivity index (χ0) is 20.4. The molecule has 1 aromatic heterocycles. The van der Waals surface area contributed by atoms with E-state index in [0.29, 0.717) is 31.6 Å². The Labute approximate surface area is 170 Å². The molecule has 1 heterocycles. The minimum Gasteiger partial charge on any atom is -0.431 e. The second kappa shape index (κ2) is 6.39. The second-order valence-corrected chi connectivity index (χ2v) is 10.1. The molecule has 156 valence electrons. The van der Waals surface area contributed by atoms with Crippen LogP contribution in [-0.4, -0.2) is 28.2 Å². The Morgan fingerprint density at radius 3 is 2.72 bits per heavy atom. The van der Waals surface area contributed by atoms with Crippen LogP contribution in [0.4, 0.5) is 0 Å². The van der Waals surface area contributed by atoms with E-state index in [2.05, 4.69) is 13.0 Å². The predicted molar refractivity (Wildman–Crippen MR) is 107 cm³/mol. The number of hydrogen-bond donors (Lipinski definition) is 2. The Morgan fingerprint density at radius 1 is 1.17 bits per heavy atom. The Balaban J connectivity index is 1.49. The number of aliphatic hydroxyl groups is 2. The van der Waals surface area contributed by atoms with E-state index in [4.69, 9.17) is 4.42 Å². The van der Waals surface area contributed by atoms with Crippen molar-refractivity contribution in [2.45, 2.75) is 75.9 Å². The van der Waals surface area contributed by atoms with E-state index in [1.165, 1.54) is 11.6 Å². The highest BCUT2D eigenvalue weighted by atomic mass is 16.4. The van der Waals surface area contributed by atoms with Crippen LogP contribution in [0.3, 0.4) is 0 Å². The fourth-order valence-corrected chi connectivity index (χ4v) is 7.59. The summed E-state index contributed by atoms with van der Waals surface area (Å²) in [5.74, 6) is 0.720. The molecule has 4 aliphatic rings. The molecule has 5 nitrogen and oxygen atoms in total. The number of carbonyl (C=O) groups is 1. The number of aliphatic hydroxyl groups excluding tert-OH is 1. The van der Waals surface area contributed by atoms with Crippen LogP contribution in [0.15, 0.2) is 39.3 Å². The first-order valence-corrected chi connectivity index (χ1v) is 11.0. The van der Waals surface area contributed by atoms with Crippen LogP contribution in [-0.2, 0) is 4.79 Å². The fraction of sp³-hybridized carbons (Fsp3) is 0.667. The standard InChI is InChI=1S/C24H30O5/c1-22-9-8-20-17(7-11-24(28)12-16(26)6-10-23(20,24)14-25)19(22)4-3-18(22)15-2-5-21(27)29-13-15/h2,4-5,13-14,16-18,20,26,28H,3,6-12H2,1H3/t16-,17-,18+,20+,22-,23+,24-/m1/s1. The second-order valence-electron chi connectivity index (χ2n) is 10.1. The molecule has 0 unspecified atom stereocenters. The molecule has 0 radical (unpaired) electrons. The number of aldehydes is 1. The number of hydrogen-bond acceptors (Lipinski definition) is 5. The van der Waals surface area contributed by atoms with Crippen LogP contribution >= 0.6 is 0 Å².